The molecule has 0 amide bonds. The van der Waals surface area contributed by atoms with Gasteiger partial charge < -0.3 is 4.42 Å². The third-order valence-electron chi connectivity index (χ3n) is 2.66. The van der Waals surface area contributed by atoms with Gasteiger partial charge in [0, 0.05) is 0 Å². The van der Waals surface area contributed by atoms with Crippen LogP contribution >= 0.6 is 11.6 Å². The quantitative estimate of drug-likeness (QED) is 0.644. The van der Waals surface area contributed by atoms with Gasteiger partial charge in [-0.05, 0) is 42.0 Å². The van der Waals surface area contributed by atoms with Crippen LogP contribution in [0.4, 0.5) is 0 Å². The van der Waals surface area contributed by atoms with Crippen LogP contribution < -0.4 is 0 Å². The summed E-state index contributed by atoms with van der Waals surface area (Å²) in [4.78, 5) is 0. The van der Waals surface area contributed by atoms with Crippen LogP contribution in [0, 0.1) is 0 Å². The van der Waals surface area contributed by atoms with Gasteiger partial charge in [0.05, 0.1) is 6.26 Å². The van der Waals surface area contributed by atoms with Crippen LogP contribution in [0.15, 0.2) is 16.7 Å². The lowest BCUT2D eigenvalue weighted by Gasteiger charge is -2.19. The molecule has 1 aliphatic rings. The Kier molecular flexibility index (Phi) is 2.40. The fourth-order valence-electron chi connectivity index (χ4n) is 1.97. The summed E-state index contributed by atoms with van der Waals surface area (Å²) < 4.78 is 5.08. The van der Waals surface area contributed by atoms with E-state index in [0.29, 0.717) is 11.1 Å². The van der Waals surface area contributed by atoms with Crippen molar-refractivity contribution in [3.8, 4) is 0 Å². The molecular weight excluding hydrogens is 172 g/mol. The molecule has 1 saturated carbocycles. The van der Waals surface area contributed by atoms with Crippen molar-refractivity contribution >= 4 is 11.6 Å². The third kappa shape index (κ3) is 1.66. The van der Waals surface area contributed by atoms with E-state index in [1.165, 1.54) is 37.7 Å². The molecule has 0 radical (unpaired) electrons. The fraction of sp³-hybridized carbons (Fsp3) is 0.600. The molecule has 0 spiro atoms. The van der Waals surface area contributed by atoms with E-state index in [9.17, 15) is 0 Å². The average molecular weight is 185 g/mol. The van der Waals surface area contributed by atoms with Crippen LogP contribution in [0.3, 0.4) is 0 Å². The third-order valence-corrected chi connectivity index (χ3v) is 2.86. The lowest BCUT2D eigenvalue weighted by Crippen LogP contribution is -2.02. The molecule has 1 aromatic heterocycles. The zero-order valence-electron chi connectivity index (χ0n) is 7.05. The first-order valence-electron chi connectivity index (χ1n) is 4.60. The SMILES string of the molecule is Clc1cc(C2CCCCC2)co1. The summed E-state index contributed by atoms with van der Waals surface area (Å²) >= 11 is 5.71. The minimum atomic E-state index is 0.524. The number of furan rings is 1. The summed E-state index contributed by atoms with van der Waals surface area (Å²) in [5.41, 5.74) is 1.29. The van der Waals surface area contributed by atoms with Crippen molar-refractivity contribution in [3.05, 3.63) is 23.1 Å². The standard InChI is InChI=1S/C10H13ClO/c11-10-6-9(7-12-10)8-4-2-1-3-5-8/h6-8H,1-5H2. The average Bonchev–Trinajstić information content (AvgIpc) is 2.54. The molecule has 0 aromatic carbocycles. The lowest BCUT2D eigenvalue weighted by atomic mass is 9.85. The Labute approximate surface area is 77.7 Å². The van der Waals surface area contributed by atoms with Gasteiger partial charge in [0.2, 0.25) is 0 Å². The molecule has 2 rings (SSSR count). The smallest absolute Gasteiger partial charge is 0.193 e. The van der Waals surface area contributed by atoms with Gasteiger partial charge in [0.1, 0.15) is 0 Å². The second-order valence-electron chi connectivity index (χ2n) is 3.52. The highest BCUT2D eigenvalue weighted by molar-refractivity contribution is 6.28. The summed E-state index contributed by atoms with van der Waals surface area (Å²) in [6, 6.07) is 1.96. The maximum Gasteiger partial charge on any atom is 0.193 e. The van der Waals surface area contributed by atoms with Crippen LogP contribution in [-0.4, -0.2) is 0 Å². The number of hydrogen-bond donors (Lipinski definition) is 0. The molecule has 1 nitrogen and oxygen atoms in total. The van der Waals surface area contributed by atoms with E-state index >= 15 is 0 Å². The van der Waals surface area contributed by atoms with Gasteiger partial charge >= 0.3 is 0 Å². The summed E-state index contributed by atoms with van der Waals surface area (Å²) in [7, 11) is 0. The minimum Gasteiger partial charge on any atom is -0.453 e. The van der Waals surface area contributed by atoms with Crippen molar-refractivity contribution in [1.82, 2.24) is 0 Å². The highest BCUT2D eigenvalue weighted by atomic mass is 35.5. The molecule has 12 heavy (non-hydrogen) atoms. The van der Waals surface area contributed by atoms with E-state index in [1.54, 1.807) is 6.26 Å². The van der Waals surface area contributed by atoms with Crippen molar-refractivity contribution in [2.24, 2.45) is 0 Å². The molecule has 0 atom stereocenters. The summed E-state index contributed by atoms with van der Waals surface area (Å²) in [5, 5.41) is 0.524. The Hall–Kier alpha value is -0.430. The van der Waals surface area contributed by atoms with Crippen LogP contribution in [0.25, 0.3) is 0 Å². The predicted octanol–water partition coefficient (Wildman–Crippen LogP) is 3.98. The number of halogens is 1. The maximum absolute atomic E-state index is 5.71. The van der Waals surface area contributed by atoms with E-state index in [2.05, 4.69) is 0 Å². The molecule has 0 unspecified atom stereocenters. The summed E-state index contributed by atoms with van der Waals surface area (Å²) in [6.45, 7) is 0. The van der Waals surface area contributed by atoms with Gasteiger partial charge in [-0.15, -0.1) is 0 Å². The fourth-order valence-corrected chi connectivity index (χ4v) is 2.14. The van der Waals surface area contributed by atoms with E-state index < -0.39 is 0 Å². The number of hydrogen-bond acceptors (Lipinski definition) is 1. The second kappa shape index (κ2) is 3.53. The first-order chi connectivity index (χ1) is 5.86. The molecule has 66 valence electrons. The van der Waals surface area contributed by atoms with Gasteiger partial charge in [0.15, 0.2) is 5.22 Å². The molecular formula is C10H13ClO. The Balaban J connectivity index is 2.08. The van der Waals surface area contributed by atoms with E-state index in [0.717, 1.165) is 0 Å². The van der Waals surface area contributed by atoms with E-state index in [4.69, 9.17) is 16.0 Å². The first kappa shape index (κ1) is 8.18. The number of rotatable bonds is 1. The highest BCUT2D eigenvalue weighted by Crippen LogP contribution is 2.34. The molecule has 0 aliphatic heterocycles. The van der Waals surface area contributed by atoms with Crippen LogP contribution in [0.1, 0.15) is 43.6 Å². The van der Waals surface area contributed by atoms with Gasteiger partial charge in [-0.3, -0.25) is 0 Å². The molecule has 2 heteroatoms. The first-order valence-corrected chi connectivity index (χ1v) is 4.98. The molecule has 0 saturated heterocycles. The topological polar surface area (TPSA) is 13.1 Å². The summed E-state index contributed by atoms with van der Waals surface area (Å²) in [5.74, 6) is 0.704. The van der Waals surface area contributed by atoms with Gasteiger partial charge in [0.25, 0.3) is 0 Å². The van der Waals surface area contributed by atoms with Crippen LogP contribution in [-0.2, 0) is 0 Å². The highest BCUT2D eigenvalue weighted by Gasteiger charge is 2.16. The Morgan fingerprint density at radius 1 is 1.25 bits per heavy atom. The second-order valence-corrected chi connectivity index (χ2v) is 3.89. The van der Waals surface area contributed by atoms with Crippen molar-refractivity contribution in [2.75, 3.05) is 0 Å². The van der Waals surface area contributed by atoms with Gasteiger partial charge in [-0.2, -0.15) is 0 Å². The normalized spacial score (nSPS) is 19.8. The molecule has 1 fully saturated rings. The molecule has 1 aromatic rings. The van der Waals surface area contributed by atoms with Crippen molar-refractivity contribution in [2.45, 2.75) is 38.0 Å². The zero-order chi connectivity index (χ0) is 8.39. The van der Waals surface area contributed by atoms with Crippen molar-refractivity contribution in [1.29, 1.82) is 0 Å². The lowest BCUT2D eigenvalue weighted by molar-refractivity contribution is 0.439. The Bertz CT molecular complexity index is 248. The Morgan fingerprint density at radius 2 is 2.00 bits per heavy atom. The maximum atomic E-state index is 5.71. The van der Waals surface area contributed by atoms with Gasteiger partial charge in [-0.25, -0.2) is 0 Å². The van der Waals surface area contributed by atoms with E-state index in [-0.39, 0.29) is 0 Å². The summed E-state index contributed by atoms with van der Waals surface area (Å²) in [6.07, 6.45) is 8.51. The monoisotopic (exact) mass is 184 g/mol. The largest absolute Gasteiger partial charge is 0.453 e. The molecule has 0 N–H and O–H groups in total. The van der Waals surface area contributed by atoms with Crippen molar-refractivity contribution in [3.63, 3.8) is 0 Å². The van der Waals surface area contributed by atoms with E-state index in [1.807, 2.05) is 6.07 Å². The van der Waals surface area contributed by atoms with Crippen LogP contribution in [0.5, 0.6) is 0 Å². The minimum absolute atomic E-state index is 0.524. The zero-order valence-corrected chi connectivity index (χ0v) is 7.81. The predicted molar refractivity (Wildman–Crippen MR) is 49.5 cm³/mol. The molecule has 0 bridgehead atoms. The van der Waals surface area contributed by atoms with Crippen LogP contribution in [0.2, 0.25) is 5.22 Å². The van der Waals surface area contributed by atoms with Crippen molar-refractivity contribution < 1.29 is 4.42 Å². The Morgan fingerprint density at radius 3 is 2.58 bits per heavy atom. The molecule has 1 heterocycles. The van der Waals surface area contributed by atoms with Gasteiger partial charge in [-0.1, -0.05) is 19.3 Å². The molecule has 1 aliphatic carbocycles.